The predicted molar refractivity (Wildman–Crippen MR) is 98.0 cm³/mol. The molecule has 0 spiro atoms. The summed E-state index contributed by atoms with van der Waals surface area (Å²) in [4.78, 5) is 24.3. The SMILES string of the molecule is O=C(O[C@@H]1CCOC1=O)c1cn(Cc2ccccc2)nc1-c1ccccc1. The van der Waals surface area contributed by atoms with Crippen molar-refractivity contribution in [2.24, 2.45) is 0 Å². The summed E-state index contributed by atoms with van der Waals surface area (Å²) in [6.07, 6.45) is 1.19. The van der Waals surface area contributed by atoms with Crippen LogP contribution < -0.4 is 0 Å². The van der Waals surface area contributed by atoms with Gasteiger partial charge in [0.15, 0.2) is 0 Å². The summed E-state index contributed by atoms with van der Waals surface area (Å²) in [6, 6.07) is 19.3. The van der Waals surface area contributed by atoms with Crippen molar-refractivity contribution >= 4 is 11.9 Å². The van der Waals surface area contributed by atoms with Crippen LogP contribution in [0.3, 0.4) is 0 Å². The van der Waals surface area contributed by atoms with Gasteiger partial charge in [-0.15, -0.1) is 0 Å². The molecule has 2 aromatic carbocycles. The Morgan fingerprint density at radius 2 is 1.81 bits per heavy atom. The van der Waals surface area contributed by atoms with E-state index in [0.717, 1.165) is 11.1 Å². The second-order valence-electron chi connectivity index (χ2n) is 6.29. The summed E-state index contributed by atoms with van der Waals surface area (Å²) in [5, 5.41) is 4.59. The molecule has 0 saturated carbocycles. The summed E-state index contributed by atoms with van der Waals surface area (Å²) in [5.74, 6) is -1.07. The Labute approximate surface area is 156 Å². The molecular weight excluding hydrogens is 344 g/mol. The molecule has 0 N–H and O–H groups in total. The number of benzene rings is 2. The van der Waals surface area contributed by atoms with Gasteiger partial charge in [-0.25, -0.2) is 9.59 Å². The number of ether oxygens (including phenoxy) is 2. The number of carbonyl (C=O) groups is 2. The Kier molecular flexibility index (Phi) is 4.70. The number of hydrogen-bond donors (Lipinski definition) is 0. The molecule has 2 heterocycles. The summed E-state index contributed by atoms with van der Waals surface area (Å²) in [5.41, 5.74) is 2.74. The van der Waals surface area contributed by atoms with Crippen molar-refractivity contribution in [3.05, 3.63) is 78.0 Å². The lowest BCUT2D eigenvalue weighted by molar-refractivity contribution is -0.145. The van der Waals surface area contributed by atoms with E-state index < -0.39 is 18.0 Å². The summed E-state index contributed by atoms with van der Waals surface area (Å²) < 4.78 is 11.9. The molecule has 0 unspecified atom stereocenters. The van der Waals surface area contributed by atoms with Crippen LogP contribution in [0.25, 0.3) is 11.3 Å². The highest BCUT2D eigenvalue weighted by molar-refractivity contribution is 5.97. The van der Waals surface area contributed by atoms with E-state index in [1.54, 1.807) is 10.9 Å². The van der Waals surface area contributed by atoms with E-state index in [-0.39, 0.29) is 6.61 Å². The largest absolute Gasteiger partial charge is 0.463 e. The second-order valence-corrected chi connectivity index (χ2v) is 6.29. The maximum atomic E-state index is 12.7. The minimum Gasteiger partial charge on any atom is -0.463 e. The lowest BCUT2D eigenvalue weighted by atomic mass is 10.1. The molecule has 27 heavy (non-hydrogen) atoms. The van der Waals surface area contributed by atoms with Gasteiger partial charge in [-0.1, -0.05) is 60.7 Å². The first kappa shape index (κ1) is 17.0. The van der Waals surface area contributed by atoms with Gasteiger partial charge in [-0.2, -0.15) is 5.10 Å². The van der Waals surface area contributed by atoms with Gasteiger partial charge in [0.25, 0.3) is 0 Å². The van der Waals surface area contributed by atoms with Gasteiger partial charge in [0, 0.05) is 18.2 Å². The Hall–Kier alpha value is -3.41. The highest BCUT2D eigenvalue weighted by Gasteiger charge is 2.32. The van der Waals surface area contributed by atoms with E-state index in [0.29, 0.717) is 24.2 Å². The zero-order valence-electron chi connectivity index (χ0n) is 14.6. The minimum atomic E-state index is -0.849. The molecule has 3 aromatic rings. The monoisotopic (exact) mass is 362 g/mol. The first-order chi connectivity index (χ1) is 13.2. The maximum Gasteiger partial charge on any atom is 0.347 e. The third-order valence-electron chi connectivity index (χ3n) is 4.35. The first-order valence-electron chi connectivity index (χ1n) is 8.75. The van der Waals surface area contributed by atoms with Crippen LogP contribution in [0, 0.1) is 0 Å². The summed E-state index contributed by atoms with van der Waals surface area (Å²) >= 11 is 0. The fourth-order valence-corrected chi connectivity index (χ4v) is 3.01. The van der Waals surface area contributed by atoms with Crippen molar-refractivity contribution in [3.8, 4) is 11.3 Å². The molecule has 6 heteroatoms. The molecule has 6 nitrogen and oxygen atoms in total. The van der Waals surface area contributed by atoms with Crippen LogP contribution in [0.4, 0.5) is 0 Å². The average molecular weight is 362 g/mol. The Balaban J connectivity index is 1.65. The highest BCUT2D eigenvalue weighted by Crippen LogP contribution is 2.24. The summed E-state index contributed by atoms with van der Waals surface area (Å²) in [7, 11) is 0. The molecule has 1 aromatic heterocycles. The van der Waals surface area contributed by atoms with E-state index in [2.05, 4.69) is 5.10 Å². The quantitative estimate of drug-likeness (QED) is 0.653. The van der Waals surface area contributed by atoms with Crippen LogP contribution in [-0.4, -0.2) is 34.4 Å². The Bertz CT molecular complexity index is 951. The Morgan fingerprint density at radius 1 is 1.11 bits per heavy atom. The average Bonchev–Trinajstić information content (AvgIpc) is 3.30. The molecular formula is C21H18N2O4. The van der Waals surface area contributed by atoms with Crippen LogP contribution in [0.15, 0.2) is 66.9 Å². The van der Waals surface area contributed by atoms with E-state index in [4.69, 9.17) is 9.47 Å². The fourth-order valence-electron chi connectivity index (χ4n) is 3.01. The number of esters is 2. The number of rotatable bonds is 5. The smallest absolute Gasteiger partial charge is 0.347 e. The standard InChI is InChI=1S/C21H18N2O4/c24-20(27-18-11-12-26-21(18)25)17-14-23(13-15-7-3-1-4-8-15)22-19(17)16-9-5-2-6-10-16/h1-10,14,18H,11-13H2/t18-/m1/s1. The van der Waals surface area contributed by atoms with Gasteiger partial charge < -0.3 is 9.47 Å². The Morgan fingerprint density at radius 3 is 2.48 bits per heavy atom. The number of hydrogen-bond acceptors (Lipinski definition) is 5. The lowest BCUT2D eigenvalue weighted by Gasteiger charge is -2.08. The van der Waals surface area contributed by atoms with Gasteiger partial charge >= 0.3 is 11.9 Å². The zero-order valence-corrected chi connectivity index (χ0v) is 14.6. The third-order valence-corrected chi connectivity index (χ3v) is 4.35. The van der Waals surface area contributed by atoms with Gasteiger partial charge in [-0.3, -0.25) is 4.68 Å². The second kappa shape index (κ2) is 7.45. The summed E-state index contributed by atoms with van der Waals surface area (Å²) in [6.45, 7) is 0.801. The minimum absolute atomic E-state index is 0.273. The van der Waals surface area contributed by atoms with Crippen LogP contribution >= 0.6 is 0 Å². The molecule has 1 aliphatic rings. The van der Waals surface area contributed by atoms with Crippen LogP contribution in [0.1, 0.15) is 22.3 Å². The third kappa shape index (κ3) is 3.74. The van der Waals surface area contributed by atoms with Crippen molar-refractivity contribution in [3.63, 3.8) is 0 Å². The van der Waals surface area contributed by atoms with Gasteiger partial charge in [-0.05, 0) is 5.56 Å². The van der Waals surface area contributed by atoms with Crippen LogP contribution in [0.5, 0.6) is 0 Å². The molecule has 136 valence electrons. The van der Waals surface area contributed by atoms with Crippen molar-refractivity contribution in [2.75, 3.05) is 6.61 Å². The molecule has 1 saturated heterocycles. The predicted octanol–water partition coefficient (Wildman–Crippen LogP) is 3.07. The fraction of sp³-hybridized carbons (Fsp3) is 0.190. The molecule has 0 amide bonds. The van der Waals surface area contributed by atoms with Gasteiger partial charge in [0.05, 0.1) is 13.2 Å². The molecule has 1 atom stereocenters. The van der Waals surface area contributed by atoms with Crippen molar-refractivity contribution < 1.29 is 19.1 Å². The molecule has 0 radical (unpaired) electrons. The molecule has 1 fully saturated rings. The van der Waals surface area contributed by atoms with Crippen molar-refractivity contribution in [1.82, 2.24) is 9.78 Å². The van der Waals surface area contributed by atoms with Crippen LogP contribution in [-0.2, 0) is 20.8 Å². The van der Waals surface area contributed by atoms with E-state index in [1.807, 2.05) is 60.7 Å². The van der Waals surface area contributed by atoms with Gasteiger partial charge in [0.1, 0.15) is 11.3 Å². The number of carbonyl (C=O) groups excluding carboxylic acids is 2. The number of nitrogens with zero attached hydrogens (tertiary/aromatic N) is 2. The number of aromatic nitrogens is 2. The van der Waals surface area contributed by atoms with E-state index >= 15 is 0 Å². The molecule has 0 bridgehead atoms. The van der Waals surface area contributed by atoms with Crippen molar-refractivity contribution in [1.29, 1.82) is 0 Å². The topological polar surface area (TPSA) is 70.4 Å². The highest BCUT2D eigenvalue weighted by atomic mass is 16.6. The maximum absolute atomic E-state index is 12.7. The lowest BCUT2D eigenvalue weighted by Crippen LogP contribution is -2.22. The molecule has 4 rings (SSSR count). The first-order valence-corrected chi connectivity index (χ1v) is 8.75. The van der Waals surface area contributed by atoms with Crippen LogP contribution in [0.2, 0.25) is 0 Å². The van der Waals surface area contributed by atoms with E-state index in [9.17, 15) is 9.59 Å². The normalized spacial score (nSPS) is 16.1. The zero-order chi connectivity index (χ0) is 18.6. The number of cyclic esters (lactones) is 1. The van der Waals surface area contributed by atoms with E-state index in [1.165, 1.54) is 0 Å². The van der Waals surface area contributed by atoms with Crippen molar-refractivity contribution in [2.45, 2.75) is 19.1 Å². The molecule has 1 aliphatic heterocycles. The molecule has 0 aliphatic carbocycles. The van der Waals surface area contributed by atoms with Gasteiger partial charge in [0.2, 0.25) is 6.10 Å².